The summed E-state index contributed by atoms with van der Waals surface area (Å²) in [4.78, 5) is 34.1. The Morgan fingerprint density at radius 3 is 1.94 bits per heavy atom. The molecule has 0 rings (SSSR count). The summed E-state index contributed by atoms with van der Waals surface area (Å²) in [6.45, 7) is 4.13. The first-order valence-electron chi connectivity index (χ1n) is 12.3. The van der Waals surface area contributed by atoms with Gasteiger partial charge in [0, 0.05) is 12.8 Å². The minimum absolute atomic E-state index is 0.0339. The van der Waals surface area contributed by atoms with E-state index in [1.165, 1.54) is 0 Å². The Balaban J connectivity index is 4.62. The normalized spacial score (nSPS) is 14.5. The number of phosphoric acid groups is 1. The van der Waals surface area contributed by atoms with Gasteiger partial charge in [-0.1, -0.05) is 58.8 Å². The van der Waals surface area contributed by atoms with E-state index in [9.17, 15) is 19.0 Å². The number of phosphoric ester groups is 1. The number of ether oxygens (including phenoxy) is 2. The van der Waals surface area contributed by atoms with E-state index in [4.69, 9.17) is 18.5 Å². The third kappa shape index (κ3) is 21.3. The fourth-order valence-corrected chi connectivity index (χ4v) is 3.57. The molecular weight excluding hydrogens is 449 g/mol. The molecule has 0 saturated heterocycles. The SMILES string of the molecule is CCCCCCCC(=O)OC[C@H](COP(=O)(O)OCC[N+](C)(C)C)OC(=O)CCCCCC. The van der Waals surface area contributed by atoms with Crippen LogP contribution < -0.4 is 0 Å². The number of nitrogens with zero attached hydrogens (tertiary/aromatic N) is 1. The number of carbonyl (C=O) groups excluding carboxylic acids is 2. The number of hydrogen-bond acceptors (Lipinski definition) is 7. The summed E-state index contributed by atoms with van der Waals surface area (Å²) in [5.74, 6) is -0.837. The topological polar surface area (TPSA) is 108 Å². The van der Waals surface area contributed by atoms with E-state index in [1.54, 1.807) is 0 Å². The van der Waals surface area contributed by atoms with Crippen LogP contribution in [-0.2, 0) is 32.7 Å². The molecule has 0 aliphatic rings. The van der Waals surface area contributed by atoms with Gasteiger partial charge in [-0.3, -0.25) is 18.6 Å². The van der Waals surface area contributed by atoms with E-state index in [2.05, 4.69) is 13.8 Å². The van der Waals surface area contributed by atoms with Crippen LogP contribution in [0.5, 0.6) is 0 Å². The van der Waals surface area contributed by atoms with Gasteiger partial charge in [0.15, 0.2) is 6.10 Å². The van der Waals surface area contributed by atoms with Gasteiger partial charge in [0.2, 0.25) is 0 Å². The molecule has 0 bridgehead atoms. The standard InChI is InChI=1S/C23H46NO8P/c1-6-8-10-12-14-15-22(25)29-19-21(32-23(26)16-13-11-9-7-2)20-31-33(27,28)30-18-17-24(3,4)5/h21H,6-20H2,1-5H3/p+1/t21-/m1/s1. The molecule has 0 aromatic rings. The van der Waals surface area contributed by atoms with Crippen molar-refractivity contribution in [1.82, 2.24) is 0 Å². The van der Waals surface area contributed by atoms with Gasteiger partial charge in [-0.2, -0.15) is 0 Å². The quantitative estimate of drug-likeness (QED) is 0.106. The summed E-state index contributed by atoms with van der Waals surface area (Å²) < 4.78 is 33.3. The molecule has 0 heterocycles. The Bertz CT molecular complexity index is 579. The molecule has 0 aromatic carbocycles. The maximum Gasteiger partial charge on any atom is 0.472 e. The zero-order valence-corrected chi connectivity index (χ0v) is 22.3. The Kier molecular flexibility index (Phi) is 17.8. The van der Waals surface area contributed by atoms with Crippen LogP contribution in [0.2, 0.25) is 0 Å². The molecule has 0 aromatic heterocycles. The summed E-state index contributed by atoms with van der Waals surface area (Å²) in [5, 5.41) is 0. The van der Waals surface area contributed by atoms with Crippen LogP contribution in [0.1, 0.15) is 84.5 Å². The fraction of sp³-hybridized carbons (Fsp3) is 0.913. The van der Waals surface area contributed by atoms with E-state index in [0.29, 0.717) is 17.4 Å². The van der Waals surface area contributed by atoms with E-state index in [-0.39, 0.29) is 32.0 Å². The zero-order valence-electron chi connectivity index (χ0n) is 21.4. The maximum atomic E-state index is 12.2. The van der Waals surface area contributed by atoms with Gasteiger partial charge in [-0.05, 0) is 12.8 Å². The van der Waals surface area contributed by atoms with Crippen molar-refractivity contribution in [2.45, 2.75) is 90.6 Å². The largest absolute Gasteiger partial charge is 0.472 e. The van der Waals surface area contributed by atoms with Gasteiger partial charge in [0.05, 0.1) is 27.7 Å². The molecule has 0 fully saturated rings. The molecule has 0 aliphatic carbocycles. The minimum Gasteiger partial charge on any atom is -0.462 e. The highest BCUT2D eigenvalue weighted by Crippen LogP contribution is 2.43. The molecule has 10 heteroatoms. The molecular formula is C23H47NO8P+. The highest BCUT2D eigenvalue weighted by Gasteiger charge is 2.26. The van der Waals surface area contributed by atoms with Crippen LogP contribution in [0.4, 0.5) is 0 Å². The van der Waals surface area contributed by atoms with E-state index < -0.39 is 26.5 Å². The zero-order chi connectivity index (χ0) is 25.2. The monoisotopic (exact) mass is 496 g/mol. The highest BCUT2D eigenvalue weighted by molar-refractivity contribution is 7.47. The maximum absolute atomic E-state index is 12.2. The van der Waals surface area contributed by atoms with Gasteiger partial charge < -0.3 is 18.9 Å². The third-order valence-corrected chi connectivity index (χ3v) is 5.87. The van der Waals surface area contributed by atoms with Crippen molar-refractivity contribution in [2.75, 3.05) is 47.5 Å². The second-order valence-corrected chi connectivity index (χ2v) is 10.8. The third-order valence-electron chi connectivity index (χ3n) is 4.89. The van der Waals surface area contributed by atoms with E-state index in [1.807, 2.05) is 21.1 Å². The number of hydrogen-bond donors (Lipinski definition) is 1. The van der Waals surface area contributed by atoms with Crippen molar-refractivity contribution in [2.24, 2.45) is 0 Å². The van der Waals surface area contributed by atoms with Gasteiger partial charge in [-0.25, -0.2) is 4.57 Å². The van der Waals surface area contributed by atoms with Gasteiger partial charge in [-0.15, -0.1) is 0 Å². The summed E-state index contributed by atoms with van der Waals surface area (Å²) >= 11 is 0. The number of likely N-dealkylation sites (N-methyl/N-ethyl adjacent to an activating group) is 1. The molecule has 0 aliphatic heterocycles. The molecule has 9 nitrogen and oxygen atoms in total. The first kappa shape index (κ1) is 32.0. The average molecular weight is 497 g/mol. The summed E-state index contributed by atoms with van der Waals surface area (Å²) in [6.07, 6.45) is 8.30. The number of unbranched alkanes of at least 4 members (excludes halogenated alkanes) is 7. The molecule has 0 saturated carbocycles. The fourth-order valence-electron chi connectivity index (χ4n) is 2.83. The van der Waals surface area contributed by atoms with Crippen molar-refractivity contribution in [3.8, 4) is 0 Å². The van der Waals surface area contributed by atoms with Crippen molar-refractivity contribution < 1.29 is 42.1 Å². The lowest BCUT2D eigenvalue weighted by Gasteiger charge is -2.24. The molecule has 1 N–H and O–H groups in total. The predicted molar refractivity (Wildman–Crippen MR) is 128 cm³/mol. The number of quaternary nitrogens is 1. The van der Waals surface area contributed by atoms with Crippen molar-refractivity contribution >= 4 is 19.8 Å². The van der Waals surface area contributed by atoms with E-state index in [0.717, 1.165) is 51.4 Å². The minimum atomic E-state index is -4.32. The molecule has 196 valence electrons. The van der Waals surface area contributed by atoms with Crippen molar-refractivity contribution in [3.63, 3.8) is 0 Å². The van der Waals surface area contributed by atoms with Crippen LogP contribution in [0.3, 0.4) is 0 Å². The lowest BCUT2D eigenvalue weighted by Crippen LogP contribution is -2.37. The lowest BCUT2D eigenvalue weighted by atomic mass is 10.1. The van der Waals surface area contributed by atoms with Crippen LogP contribution >= 0.6 is 7.82 Å². The smallest absolute Gasteiger partial charge is 0.462 e. The first-order valence-corrected chi connectivity index (χ1v) is 13.8. The first-order chi connectivity index (χ1) is 15.5. The molecule has 0 spiro atoms. The summed E-state index contributed by atoms with van der Waals surface area (Å²) in [6, 6.07) is 0. The Labute approximate surface area is 200 Å². The van der Waals surface area contributed by atoms with Crippen LogP contribution in [-0.4, -0.2) is 74.9 Å². The summed E-state index contributed by atoms with van der Waals surface area (Å²) in [7, 11) is 1.47. The Hall–Kier alpha value is -0.990. The number of esters is 2. The molecule has 0 radical (unpaired) electrons. The van der Waals surface area contributed by atoms with Crippen molar-refractivity contribution in [3.05, 3.63) is 0 Å². The molecule has 33 heavy (non-hydrogen) atoms. The highest BCUT2D eigenvalue weighted by atomic mass is 31.2. The molecule has 0 amide bonds. The van der Waals surface area contributed by atoms with Gasteiger partial charge in [0.25, 0.3) is 0 Å². The van der Waals surface area contributed by atoms with Crippen LogP contribution in [0.25, 0.3) is 0 Å². The van der Waals surface area contributed by atoms with Gasteiger partial charge in [0.1, 0.15) is 19.8 Å². The number of rotatable bonds is 21. The van der Waals surface area contributed by atoms with Gasteiger partial charge >= 0.3 is 19.8 Å². The second-order valence-electron chi connectivity index (χ2n) is 9.38. The Morgan fingerprint density at radius 1 is 0.818 bits per heavy atom. The number of carbonyl (C=O) groups is 2. The van der Waals surface area contributed by atoms with E-state index >= 15 is 0 Å². The molecule has 2 atom stereocenters. The Morgan fingerprint density at radius 2 is 1.36 bits per heavy atom. The average Bonchev–Trinajstić information content (AvgIpc) is 2.72. The lowest BCUT2D eigenvalue weighted by molar-refractivity contribution is -0.870. The second kappa shape index (κ2) is 18.4. The molecule has 1 unspecified atom stereocenters. The van der Waals surface area contributed by atoms with Crippen molar-refractivity contribution in [1.29, 1.82) is 0 Å². The summed E-state index contributed by atoms with van der Waals surface area (Å²) in [5.41, 5.74) is 0. The predicted octanol–water partition coefficient (Wildman–Crippen LogP) is 4.61. The van der Waals surface area contributed by atoms with Crippen LogP contribution in [0, 0.1) is 0 Å². The van der Waals surface area contributed by atoms with Crippen LogP contribution in [0.15, 0.2) is 0 Å².